The SMILES string of the molecule is Cn1cc(CC(NC(=O)[C@H](CCCCNC(=O)OC(C)(C)C)NC(=O)OC(C)(C)C)C(=O)O)c2ccccc21. The number of carbonyl (C=O) groups excluding carboxylic acids is 3. The number of benzene rings is 1. The highest BCUT2D eigenvalue weighted by Gasteiger charge is 2.29. The van der Waals surface area contributed by atoms with Gasteiger partial charge in [0.25, 0.3) is 0 Å². The Morgan fingerprint density at radius 2 is 1.51 bits per heavy atom. The summed E-state index contributed by atoms with van der Waals surface area (Å²) >= 11 is 0. The molecule has 0 bridgehead atoms. The van der Waals surface area contributed by atoms with Gasteiger partial charge in [-0.1, -0.05) is 18.2 Å². The number of unbranched alkanes of at least 4 members (excludes halogenated alkanes) is 1. The van der Waals surface area contributed by atoms with Gasteiger partial charge in [-0.25, -0.2) is 14.4 Å². The van der Waals surface area contributed by atoms with Crippen LogP contribution < -0.4 is 16.0 Å². The quantitative estimate of drug-likeness (QED) is 0.313. The Bertz CT molecular complexity index is 1160. The fourth-order valence-corrected chi connectivity index (χ4v) is 3.98. The number of aryl methyl sites for hydroxylation is 1. The molecule has 0 radical (unpaired) electrons. The highest BCUT2D eigenvalue weighted by molar-refractivity contribution is 5.90. The second kappa shape index (κ2) is 13.3. The third-order valence-electron chi connectivity index (χ3n) is 5.61. The van der Waals surface area contributed by atoms with E-state index >= 15 is 0 Å². The van der Waals surface area contributed by atoms with Gasteiger partial charge in [0.15, 0.2) is 0 Å². The van der Waals surface area contributed by atoms with E-state index in [9.17, 15) is 24.3 Å². The zero-order valence-electron chi connectivity index (χ0n) is 23.9. The summed E-state index contributed by atoms with van der Waals surface area (Å²) in [4.78, 5) is 49.6. The van der Waals surface area contributed by atoms with Gasteiger partial charge in [-0.2, -0.15) is 0 Å². The largest absolute Gasteiger partial charge is 0.480 e. The molecular weight excluding hydrogens is 504 g/mol. The number of ether oxygens (including phenoxy) is 2. The Morgan fingerprint density at radius 3 is 2.13 bits per heavy atom. The van der Waals surface area contributed by atoms with Gasteiger partial charge in [0.2, 0.25) is 5.91 Å². The van der Waals surface area contributed by atoms with Crippen LogP contribution in [0, 0.1) is 0 Å². The van der Waals surface area contributed by atoms with Crippen LogP contribution in [0.4, 0.5) is 9.59 Å². The topological polar surface area (TPSA) is 148 Å². The molecule has 1 aromatic heterocycles. The van der Waals surface area contributed by atoms with Gasteiger partial charge in [-0.05, 0) is 72.4 Å². The molecule has 11 nitrogen and oxygen atoms in total. The molecule has 2 atom stereocenters. The van der Waals surface area contributed by atoms with Crippen molar-refractivity contribution in [2.75, 3.05) is 6.54 Å². The van der Waals surface area contributed by atoms with Crippen molar-refractivity contribution in [3.63, 3.8) is 0 Å². The molecule has 0 aliphatic carbocycles. The van der Waals surface area contributed by atoms with Gasteiger partial charge < -0.3 is 35.1 Å². The number of rotatable bonds is 11. The molecule has 0 saturated carbocycles. The van der Waals surface area contributed by atoms with E-state index in [4.69, 9.17) is 9.47 Å². The number of alkyl carbamates (subject to hydrolysis) is 2. The number of aromatic nitrogens is 1. The van der Waals surface area contributed by atoms with E-state index in [1.165, 1.54) is 0 Å². The maximum Gasteiger partial charge on any atom is 0.408 e. The van der Waals surface area contributed by atoms with Gasteiger partial charge in [-0.3, -0.25) is 4.79 Å². The molecule has 0 fully saturated rings. The van der Waals surface area contributed by atoms with Crippen molar-refractivity contribution in [1.82, 2.24) is 20.5 Å². The second-order valence-corrected chi connectivity index (χ2v) is 11.5. The number of nitrogens with zero attached hydrogens (tertiary/aromatic N) is 1. The standard InChI is InChI=1S/C28H42N4O7/c1-27(2,3)38-25(36)29-15-11-10-13-20(31-26(37)39-28(4,5)6)23(33)30-21(24(34)35)16-18-17-32(7)22-14-9-8-12-19(18)22/h8-9,12,14,17,20-21H,10-11,13,15-16H2,1-7H3,(H,29,36)(H,30,33)(H,31,37)(H,34,35)/t20-,21?/m0/s1. The van der Waals surface area contributed by atoms with E-state index < -0.39 is 47.3 Å². The van der Waals surface area contributed by atoms with Gasteiger partial charge >= 0.3 is 18.2 Å². The van der Waals surface area contributed by atoms with Crippen molar-refractivity contribution in [2.24, 2.45) is 7.05 Å². The molecule has 1 heterocycles. The summed E-state index contributed by atoms with van der Waals surface area (Å²) in [5.41, 5.74) is 0.343. The number of hydrogen-bond acceptors (Lipinski definition) is 6. The lowest BCUT2D eigenvalue weighted by Crippen LogP contribution is -2.52. The highest BCUT2D eigenvalue weighted by Crippen LogP contribution is 2.22. The van der Waals surface area contributed by atoms with E-state index in [1.54, 1.807) is 41.5 Å². The molecule has 0 aliphatic rings. The molecular formula is C28H42N4O7. The van der Waals surface area contributed by atoms with Crippen LogP contribution in [0.1, 0.15) is 66.4 Å². The summed E-state index contributed by atoms with van der Waals surface area (Å²) < 4.78 is 12.4. The van der Waals surface area contributed by atoms with E-state index in [1.807, 2.05) is 42.1 Å². The lowest BCUT2D eigenvalue weighted by molar-refractivity contribution is -0.142. The summed E-state index contributed by atoms with van der Waals surface area (Å²) in [6, 6.07) is 5.38. The van der Waals surface area contributed by atoms with Crippen LogP contribution in [0.2, 0.25) is 0 Å². The highest BCUT2D eigenvalue weighted by atomic mass is 16.6. The minimum Gasteiger partial charge on any atom is -0.480 e. The monoisotopic (exact) mass is 546 g/mol. The molecule has 4 N–H and O–H groups in total. The third kappa shape index (κ3) is 10.9. The number of aliphatic carboxylic acids is 1. The van der Waals surface area contributed by atoms with Crippen LogP contribution in [0.5, 0.6) is 0 Å². The molecule has 11 heteroatoms. The van der Waals surface area contributed by atoms with Gasteiger partial charge in [0.1, 0.15) is 23.3 Å². The zero-order chi connectivity index (χ0) is 29.4. The number of nitrogens with one attached hydrogen (secondary N) is 3. The van der Waals surface area contributed by atoms with Gasteiger partial charge in [-0.15, -0.1) is 0 Å². The number of fused-ring (bicyclic) bond motifs is 1. The van der Waals surface area contributed by atoms with E-state index in [2.05, 4.69) is 16.0 Å². The van der Waals surface area contributed by atoms with Crippen LogP contribution in [-0.4, -0.2) is 63.6 Å². The smallest absolute Gasteiger partial charge is 0.408 e. The molecule has 216 valence electrons. The van der Waals surface area contributed by atoms with Crippen LogP contribution in [0.15, 0.2) is 30.5 Å². The van der Waals surface area contributed by atoms with Crippen LogP contribution in [0.3, 0.4) is 0 Å². The summed E-state index contributed by atoms with van der Waals surface area (Å²) in [5, 5.41) is 18.6. The zero-order valence-corrected chi connectivity index (χ0v) is 23.9. The van der Waals surface area contributed by atoms with Crippen molar-refractivity contribution in [2.45, 2.75) is 90.5 Å². The Morgan fingerprint density at radius 1 is 0.897 bits per heavy atom. The first-order valence-corrected chi connectivity index (χ1v) is 13.1. The molecule has 0 saturated heterocycles. The number of carboxylic acid groups (broad SMARTS) is 1. The molecule has 0 spiro atoms. The van der Waals surface area contributed by atoms with Gasteiger partial charge in [0, 0.05) is 37.1 Å². The number of para-hydroxylation sites is 1. The first-order valence-electron chi connectivity index (χ1n) is 13.1. The second-order valence-electron chi connectivity index (χ2n) is 11.5. The molecule has 0 aliphatic heterocycles. The molecule has 2 aromatic rings. The first-order chi connectivity index (χ1) is 18.1. The molecule has 2 rings (SSSR count). The first kappa shape index (κ1) is 31.5. The van der Waals surface area contributed by atoms with E-state index in [0.29, 0.717) is 19.4 Å². The number of carbonyl (C=O) groups is 4. The maximum atomic E-state index is 13.2. The lowest BCUT2D eigenvalue weighted by atomic mass is 10.0. The fraction of sp³-hybridized carbons (Fsp3) is 0.571. The Kier molecular flexibility index (Phi) is 10.8. The molecule has 39 heavy (non-hydrogen) atoms. The lowest BCUT2D eigenvalue weighted by Gasteiger charge is -2.24. The van der Waals surface area contributed by atoms with Crippen LogP contribution in [0.25, 0.3) is 10.9 Å². The number of carboxylic acids is 1. The molecule has 1 aromatic carbocycles. The minimum atomic E-state index is -1.21. The minimum absolute atomic E-state index is 0.0708. The van der Waals surface area contributed by atoms with Crippen molar-refractivity contribution < 1.29 is 33.8 Å². The molecule has 1 unspecified atom stereocenters. The normalized spacial score (nSPS) is 13.3. The summed E-state index contributed by atoms with van der Waals surface area (Å²) in [6.45, 7) is 10.7. The predicted molar refractivity (Wildman–Crippen MR) is 147 cm³/mol. The summed E-state index contributed by atoms with van der Waals surface area (Å²) in [7, 11) is 1.87. The molecule has 3 amide bonds. The maximum absolute atomic E-state index is 13.2. The van der Waals surface area contributed by atoms with Crippen molar-refractivity contribution in [1.29, 1.82) is 0 Å². The number of hydrogen-bond donors (Lipinski definition) is 4. The Balaban J connectivity index is 2.06. The average Bonchev–Trinajstić information content (AvgIpc) is 3.10. The van der Waals surface area contributed by atoms with E-state index in [-0.39, 0.29) is 12.8 Å². The van der Waals surface area contributed by atoms with Crippen LogP contribution >= 0.6 is 0 Å². The van der Waals surface area contributed by atoms with Gasteiger partial charge in [0.05, 0.1) is 0 Å². The Hall–Kier alpha value is -3.76. The predicted octanol–water partition coefficient (Wildman–Crippen LogP) is 3.88. The van der Waals surface area contributed by atoms with Crippen LogP contribution in [-0.2, 0) is 32.5 Å². The number of amides is 3. The van der Waals surface area contributed by atoms with Crippen molar-refractivity contribution in [3.05, 3.63) is 36.0 Å². The van der Waals surface area contributed by atoms with Crippen molar-refractivity contribution in [3.8, 4) is 0 Å². The Labute approximate surface area is 229 Å². The van der Waals surface area contributed by atoms with Crippen molar-refractivity contribution >= 4 is 35.0 Å². The third-order valence-corrected chi connectivity index (χ3v) is 5.61. The average molecular weight is 547 g/mol. The fourth-order valence-electron chi connectivity index (χ4n) is 3.98. The van der Waals surface area contributed by atoms with E-state index in [0.717, 1.165) is 16.5 Å². The summed E-state index contributed by atoms with van der Waals surface area (Å²) in [6.07, 6.45) is 1.78. The summed E-state index contributed by atoms with van der Waals surface area (Å²) in [5.74, 6) is -1.82.